The topological polar surface area (TPSA) is 92.5 Å². The average molecular weight is 265 g/mol. The van der Waals surface area contributed by atoms with Crippen molar-refractivity contribution in [3.63, 3.8) is 0 Å². The molecule has 0 atom stereocenters. The molecule has 102 valence electrons. The Morgan fingerprint density at radius 2 is 1.82 bits per heavy atom. The maximum absolute atomic E-state index is 11.6. The van der Waals surface area contributed by atoms with Crippen molar-refractivity contribution in [1.82, 2.24) is 9.62 Å². The quantitative estimate of drug-likeness (QED) is 0.550. The Morgan fingerprint density at radius 1 is 1.24 bits per heavy atom. The van der Waals surface area contributed by atoms with Gasteiger partial charge in [0.05, 0.1) is 12.3 Å². The highest BCUT2D eigenvalue weighted by Crippen LogP contribution is 1.94. The molecule has 0 fully saturated rings. The number of hydrogen-bond acceptors (Lipinski definition) is 4. The third-order valence-corrected chi connectivity index (χ3v) is 3.84. The Balaban J connectivity index is 4.04. The van der Waals surface area contributed by atoms with Crippen LogP contribution in [0.25, 0.3) is 0 Å². The van der Waals surface area contributed by atoms with E-state index in [4.69, 9.17) is 5.73 Å². The van der Waals surface area contributed by atoms with Crippen LogP contribution in [0.5, 0.6) is 0 Å². The summed E-state index contributed by atoms with van der Waals surface area (Å²) < 4.78 is 25.3. The van der Waals surface area contributed by atoms with Gasteiger partial charge in [-0.25, -0.2) is 13.1 Å². The van der Waals surface area contributed by atoms with E-state index in [1.54, 1.807) is 4.90 Å². The lowest BCUT2D eigenvalue weighted by molar-refractivity contribution is -0.129. The second kappa shape index (κ2) is 8.43. The normalized spacial score (nSPS) is 11.5. The minimum absolute atomic E-state index is 0.0235. The number of carbonyl (C=O) groups is 1. The van der Waals surface area contributed by atoms with Crippen LogP contribution in [0.4, 0.5) is 0 Å². The van der Waals surface area contributed by atoms with Gasteiger partial charge in [-0.05, 0) is 33.2 Å². The Labute approximate surface area is 104 Å². The summed E-state index contributed by atoms with van der Waals surface area (Å²) in [5.41, 5.74) is 5.28. The van der Waals surface area contributed by atoms with E-state index in [1.165, 1.54) is 0 Å². The molecule has 0 aromatic heterocycles. The van der Waals surface area contributed by atoms with Crippen molar-refractivity contribution in [3.8, 4) is 0 Å². The Morgan fingerprint density at radius 3 is 2.29 bits per heavy atom. The molecular weight excluding hydrogens is 242 g/mol. The summed E-state index contributed by atoms with van der Waals surface area (Å²) >= 11 is 0. The van der Waals surface area contributed by atoms with Crippen LogP contribution >= 0.6 is 0 Å². The van der Waals surface area contributed by atoms with Crippen LogP contribution in [0.15, 0.2) is 0 Å². The third-order valence-electron chi connectivity index (χ3n) is 2.43. The Hall–Kier alpha value is -0.660. The molecule has 0 saturated heterocycles. The lowest BCUT2D eigenvalue weighted by Crippen LogP contribution is -2.40. The van der Waals surface area contributed by atoms with Crippen molar-refractivity contribution in [3.05, 3.63) is 0 Å². The molecule has 6 nitrogen and oxygen atoms in total. The fourth-order valence-electron chi connectivity index (χ4n) is 1.37. The number of sulfonamides is 1. The van der Waals surface area contributed by atoms with Crippen LogP contribution in [0.1, 0.15) is 26.7 Å². The van der Waals surface area contributed by atoms with Gasteiger partial charge in [0, 0.05) is 13.1 Å². The summed E-state index contributed by atoms with van der Waals surface area (Å²) in [7, 11) is -3.35. The molecule has 0 aliphatic carbocycles. The Kier molecular flexibility index (Phi) is 8.11. The molecule has 0 aromatic carbocycles. The molecule has 0 bridgehead atoms. The molecule has 7 heteroatoms. The first kappa shape index (κ1) is 16.3. The number of nitrogens with two attached hydrogens (primary N) is 1. The molecule has 1 amide bonds. The molecule has 3 N–H and O–H groups in total. The lowest BCUT2D eigenvalue weighted by atomic mass is 10.3. The van der Waals surface area contributed by atoms with Gasteiger partial charge in [-0.1, -0.05) is 0 Å². The van der Waals surface area contributed by atoms with Crippen LogP contribution in [-0.2, 0) is 14.8 Å². The van der Waals surface area contributed by atoms with Gasteiger partial charge in [0.25, 0.3) is 0 Å². The molecular formula is C10H23N3O3S. The molecule has 17 heavy (non-hydrogen) atoms. The summed E-state index contributed by atoms with van der Waals surface area (Å²) in [6.45, 7) is 5.21. The van der Waals surface area contributed by atoms with Crippen molar-refractivity contribution < 1.29 is 13.2 Å². The number of likely N-dealkylation sites (N-methyl/N-ethyl adjacent to an activating group) is 1. The SMILES string of the molecule is CCN(CC)C(=O)CNS(=O)(=O)CCCCN. The van der Waals surface area contributed by atoms with Crippen LogP contribution in [0, 0.1) is 0 Å². The van der Waals surface area contributed by atoms with Crippen LogP contribution in [0.3, 0.4) is 0 Å². The molecule has 0 saturated carbocycles. The fraction of sp³-hybridized carbons (Fsp3) is 0.900. The van der Waals surface area contributed by atoms with E-state index >= 15 is 0 Å². The van der Waals surface area contributed by atoms with Crippen LogP contribution in [0.2, 0.25) is 0 Å². The molecule has 0 radical (unpaired) electrons. The highest BCUT2D eigenvalue weighted by atomic mass is 32.2. The highest BCUT2D eigenvalue weighted by molar-refractivity contribution is 7.89. The largest absolute Gasteiger partial charge is 0.342 e. The molecule has 0 aliphatic heterocycles. The van der Waals surface area contributed by atoms with Crippen LogP contribution in [-0.4, -0.2) is 51.2 Å². The first-order chi connectivity index (χ1) is 7.96. The van der Waals surface area contributed by atoms with Crippen LogP contribution < -0.4 is 10.5 Å². The number of rotatable bonds is 9. The molecule has 0 aromatic rings. The number of nitrogens with zero attached hydrogens (tertiary/aromatic N) is 1. The number of carbonyl (C=O) groups excluding carboxylic acids is 1. The van der Waals surface area contributed by atoms with E-state index in [0.29, 0.717) is 32.5 Å². The van der Waals surface area contributed by atoms with Gasteiger partial charge >= 0.3 is 0 Å². The molecule has 0 unspecified atom stereocenters. The summed E-state index contributed by atoms with van der Waals surface area (Å²) in [5.74, 6) is -0.173. The monoisotopic (exact) mass is 265 g/mol. The molecule has 0 heterocycles. The lowest BCUT2D eigenvalue weighted by Gasteiger charge is -2.18. The van der Waals surface area contributed by atoms with Gasteiger partial charge in [0.15, 0.2) is 0 Å². The second-order valence-electron chi connectivity index (χ2n) is 3.70. The second-order valence-corrected chi connectivity index (χ2v) is 5.63. The van der Waals surface area contributed by atoms with Gasteiger partial charge in [-0.2, -0.15) is 0 Å². The van der Waals surface area contributed by atoms with E-state index in [1.807, 2.05) is 13.8 Å². The first-order valence-electron chi connectivity index (χ1n) is 5.92. The van der Waals surface area contributed by atoms with Gasteiger partial charge < -0.3 is 10.6 Å². The summed E-state index contributed by atoms with van der Waals surface area (Å²) in [6.07, 6.45) is 1.19. The van der Waals surface area contributed by atoms with E-state index in [2.05, 4.69) is 4.72 Å². The third kappa shape index (κ3) is 7.30. The summed E-state index contributed by atoms with van der Waals surface area (Å²) in [6, 6.07) is 0. The highest BCUT2D eigenvalue weighted by Gasteiger charge is 2.14. The predicted octanol–water partition coefficient (Wildman–Crippen LogP) is -0.487. The number of unbranched alkanes of at least 4 members (excludes halogenated alkanes) is 1. The van der Waals surface area contributed by atoms with Gasteiger partial charge in [0.1, 0.15) is 0 Å². The minimum atomic E-state index is -3.35. The maximum atomic E-state index is 11.6. The fourth-order valence-corrected chi connectivity index (χ4v) is 2.44. The molecule has 0 spiro atoms. The number of nitrogens with one attached hydrogen (secondary N) is 1. The molecule has 0 rings (SSSR count). The summed E-state index contributed by atoms with van der Waals surface area (Å²) in [4.78, 5) is 13.1. The van der Waals surface area contributed by atoms with Crippen molar-refractivity contribution in [2.75, 3.05) is 31.9 Å². The minimum Gasteiger partial charge on any atom is -0.342 e. The standard InChI is InChI=1S/C10H23N3O3S/c1-3-13(4-2)10(14)9-12-17(15,16)8-6-5-7-11/h12H,3-9,11H2,1-2H3. The van der Waals surface area contributed by atoms with Crippen molar-refractivity contribution in [1.29, 1.82) is 0 Å². The van der Waals surface area contributed by atoms with Crippen molar-refractivity contribution >= 4 is 15.9 Å². The zero-order valence-corrected chi connectivity index (χ0v) is 11.4. The van der Waals surface area contributed by atoms with Crippen molar-refractivity contribution in [2.24, 2.45) is 5.73 Å². The van der Waals surface area contributed by atoms with E-state index < -0.39 is 10.0 Å². The van der Waals surface area contributed by atoms with Crippen molar-refractivity contribution in [2.45, 2.75) is 26.7 Å². The van der Waals surface area contributed by atoms with E-state index in [9.17, 15) is 13.2 Å². The predicted molar refractivity (Wildman–Crippen MR) is 68.0 cm³/mol. The Bertz CT molecular complexity index is 313. The van der Waals surface area contributed by atoms with Gasteiger partial charge in [0.2, 0.25) is 15.9 Å². The van der Waals surface area contributed by atoms with E-state index in [-0.39, 0.29) is 18.2 Å². The van der Waals surface area contributed by atoms with Gasteiger partial charge in [-0.15, -0.1) is 0 Å². The zero-order valence-electron chi connectivity index (χ0n) is 10.6. The maximum Gasteiger partial charge on any atom is 0.237 e. The smallest absolute Gasteiger partial charge is 0.237 e. The first-order valence-corrected chi connectivity index (χ1v) is 7.57. The molecule has 0 aliphatic rings. The average Bonchev–Trinajstić information content (AvgIpc) is 2.28. The number of amides is 1. The number of hydrogen-bond donors (Lipinski definition) is 2. The van der Waals surface area contributed by atoms with Gasteiger partial charge in [-0.3, -0.25) is 4.79 Å². The summed E-state index contributed by atoms with van der Waals surface area (Å²) in [5, 5.41) is 0. The zero-order chi connectivity index (χ0) is 13.3. The van der Waals surface area contributed by atoms with E-state index in [0.717, 1.165) is 0 Å².